The van der Waals surface area contributed by atoms with Crippen molar-refractivity contribution < 1.29 is 9.90 Å². The molecule has 1 heterocycles. The van der Waals surface area contributed by atoms with Gasteiger partial charge >= 0.3 is 6.03 Å². The second kappa shape index (κ2) is 8.05. The van der Waals surface area contributed by atoms with Crippen LogP contribution in [0.3, 0.4) is 0 Å². The van der Waals surface area contributed by atoms with E-state index in [0.29, 0.717) is 18.5 Å². The lowest BCUT2D eigenvalue weighted by atomic mass is 9.88. The molecule has 5 heteroatoms. The number of hydrogen-bond acceptors (Lipinski definition) is 3. The molecule has 2 aliphatic carbocycles. The number of carbonyl (C=O) groups excluding carboxylic acids is 1. The number of nitrogens with one attached hydrogen (secondary N) is 1. The van der Waals surface area contributed by atoms with E-state index in [1.54, 1.807) is 11.9 Å². The zero-order chi connectivity index (χ0) is 17.1. The van der Waals surface area contributed by atoms with Crippen molar-refractivity contribution in [1.29, 1.82) is 0 Å². The first-order valence-electron chi connectivity index (χ1n) is 9.96. The summed E-state index contributed by atoms with van der Waals surface area (Å²) in [5.41, 5.74) is 0. The lowest BCUT2D eigenvalue weighted by Gasteiger charge is -2.40. The fraction of sp³-hybridized carbons (Fsp3) is 0.947. The highest BCUT2D eigenvalue weighted by atomic mass is 16.3. The Kier molecular flexibility index (Phi) is 6.03. The first-order chi connectivity index (χ1) is 11.5. The van der Waals surface area contributed by atoms with Crippen LogP contribution in [0.1, 0.15) is 58.3 Å². The molecular weight excluding hydrogens is 302 g/mol. The number of urea groups is 1. The zero-order valence-electron chi connectivity index (χ0n) is 15.4. The number of likely N-dealkylation sites (tertiary alicyclic amines) is 1. The fourth-order valence-electron chi connectivity index (χ4n) is 4.26. The van der Waals surface area contributed by atoms with Crippen molar-refractivity contribution in [2.45, 2.75) is 76.5 Å². The molecule has 2 N–H and O–H groups in total. The van der Waals surface area contributed by atoms with Gasteiger partial charge in [0, 0.05) is 25.7 Å². The Morgan fingerprint density at radius 1 is 1.12 bits per heavy atom. The Hall–Kier alpha value is -0.810. The summed E-state index contributed by atoms with van der Waals surface area (Å²) < 4.78 is 0. The third-order valence-corrected chi connectivity index (χ3v) is 6.33. The molecule has 2 saturated carbocycles. The molecule has 1 aliphatic heterocycles. The van der Waals surface area contributed by atoms with E-state index >= 15 is 0 Å². The molecule has 24 heavy (non-hydrogen) atoms. The maximum atomic E-state index is 12.3. The fourth-order valence-corrected chi connectivity index (χ4v) is 4.26. The molecule has 0 aromatic rings. The van der Waals surface area contributed by atoms with Gasteiger partial charge in [-0.15, -0.1) is 0 Å². The number of amides is 2. The van der Waals surface area contributed by atoms with Gasteiger partial charge in [-0.1, -0.05) is 6.92 Å². The molecule has 0 bridgehead atoms. The van der Waals surface area contributed by atoms with Crippen molar-refractivity contribution in [3.05, 3.63) is 0 Å². The molecule has 1 saturated heterocycles. The van der Waals surface area contributed by atoms with E-state index in [2.05, 4.69) is 17.1 Å². The Bertz CT molecular complexity index is 411. The average molecular weight is 338 g/mol. The Balaban J connectivity index is 1.36. The predicted molar refractivity (Wildman–Crippen MR) is 95.9 cm³/mol. The van der Waals surface area contributed by atoms with Crippen LogP contribution < -0.4 is 5.32 Å². The van der Waals surface area contributed by atoms with Crippen LogP contribution in [0.5, 0.6) is 0 Å². The van der Waals surface area contributed by atoms with E-state index in [9.17, 15) is 9.90 Å². The van der Waals surface area contributed by atoms with Crippen LogP contribution >= 0.6 is 0 Å². The van der Waals surface area contributed by atoms with Crippen molar-refractivity contribution in [3.8, 4) is 0 Å². The van der Waals surface area contributed by atoms with Gasteiger partial charge in [-0.3, -0.25) is 0 Å². The summed E-state index contributed by atoms with van der Waals surface area (Å²) >= 11 is 0. The molecule has 1 atom stereocenters. The highest BCUT2D eigenvalue weighted by Crippen LogP contribution is 2.32. The summed E-state index contributed by atoms with van der Waals surface area (Å²) in [5.74, 6) is 1.31. The molecule has 0 aromatic heterocycles. The number of aliphatic hydroxyl groups excluding tert-OH is 1. The Labute approximate surface area is 146 Å². The lowest BCUT2D eigenvalue weighted by molar-refractivity contribution is 0.0985. The minimum absolute atomic E-state index is 0.0232. The highest BCUT2D eigenvalue weighted by Gasteiger charge is 2.32. The number of carbonyl (C=O) groups is 1. The van der Waals surface area contributed by atoms with Gasteiger partial charge < -0.3 is 20.2 Å². The van der Waals surface area contributed by atoms with Gasteiger partial charge in [0.05, 0.1) is 6.10 Å². The lowest BCUT2D eigenvalue weighted by Crippen LogP contribution is -2.49. The van der Waals surface area contributed by atoms with Gasteiger partial charge in [0.2, 0.25) is 0 Å². The quantitative estimate of drug-likeness (QED) is 0.810. The van der Waals surface area contributed by atoms with Crippen molar-refractivity contribution in [3.63, 3.8) is 0 Å². The monoisotopic (exact) mass is 337 g/mol. The van der Waals surface area contributed by atoms with Crippen LogP contribution in [0.2, 0.25) is 0 Å². The van der Waals surface area contributed by atoms with Crippen molar-refractivity contribution >= 4 is 6.03 Å². The van der Waals surface area contributed by atoms with Crippen LogP contribution in [-0.4, -0.2) is 65.8 Å². The molecular formula is C19H35N3O2. The first kappa shape index (κ1) is 18.0. The molecule has 1 unspecified atom stereocenters. The maximum absolute atomic E-state index is 12.3. The smallest absolute Gasteiger partial charge is 0.317 e. The molecule has 0 radical (unpaired) electrons. The number of rotatable bonds is 5. The summed E-state index contributed by atoms with van der Waals surface area (Å²) in [4.78, 5) is 16.6. The molecule has 5 nitrogen and oxygen atoms in total. The van der Waals surface area contributed by atoms with Gasteiger partial charge in [0.15, 0.2) is 0 Å². The summed E-state index contributed by atoms with van der Waals surface area (Å²) in [6, 6.07) is 1.00. The van der Waals surface area contributed by atoms with E-state index in [-0.39, 0.29) is 12.1 Å². The molecule has 2 amide bonds. The van der Waals surface area contributed by atoms with Crippen molar-refractivity contribution in [1.82, 2.24) is 15.1 Å². The summed E-state index contributed by atoms with van der Waals surface area (Å²) in [7, 11) is 1.79. The summed E-state index contributed by atoms with van der Waals surface area (Å²) in [6.45, 7) is 5.33. The second-order valence-electron chi connectivity index (χ2n) is 8.46. The number of nitrogens with zero attached hydrogens (tertiary/aromatic N) is 2. The third kappa shape index (κ3) is 4.85. The minimum Gasteiger partial charge on any atom is -0.391 e. The topological polar surface area (TPSA) is 55.8 Å². The number of aliphatic hydroxyl groups is 1. The van der Waals surface area contributed by atoms with Crippen LogP contribution in [0.25, 0.3) is 0 Å². The van der Waals surface area contributed by atoms with Gasteiger partial charge in [0.1, 0.15) is 0 Å². The van der Waals surface area contributed by atoms with Crippen molar-refractivity contribution in [2.24, 2.45) is 11.8 Å². The average Bonchev–Trinajstić information content (AvgIpc) is 3.41. The molecule has 138 valence electrons. The van der Waals surface area contributed by atoms with E-state index in [1.807, 2.05) is 0 Å². The van der Waals surface area contributed by atoms with E-state index < -0.39 is 0 Å². The van der Waals surface area contributed by atoms with E-state index in [0.717, 1.165) is 37.6 Å². The molecule has 0 spiro atoms. The number of hydrogen-bond donors (Lipinski definition) is 2. The van der Waals surface area contributed by atoms with Gasteiger partial charge in [-0.05, 0) is 76.3 Å². The van der Waals surface area contributed by atoms with Crippen molar-refractivity contribution in [2.75, 3.05) is 26.7 Å². The largest absolute Gasteiger partial charge is 0.391 e. The molecule has 0 aromatic carbocycles. The maximum Gasteiger partial charge on any atom is 0.317 e. The van der Waals surface area contributed by atoms with Gasteiger partial charge in [-0.2, -0.15) is 0 Å². The summed E-state index contributed by atoms with van der Waals surface area (Å²) in [5, 5.41) is 13.2. The standard InChI is InChI=1S/C19H35N3O2/c1-14-9-11-22(12-10-14)17-7-5-16(6-8-17)20-19(24)21(2)13-18(23)15-3-4-15/h14-18,23H,3-13H2,1-2H3,(H,20,24). The highest BCUT2D eigenvalue weighted by molar-refractivity contribution is 5.74. The zero-order valence-corrected chi connectivity index (χ0v) is 15.4. The normalized spacial score (nSPS) is 30.8. The minimum atomic E-state index is -0.349. The summed E-state index contributed by atoms with van der Waals surface area (Å²) in [6.07, 6.45) is 9.12. The van der Waals surface area contributed by atoms with E-state index in [4.69, 9.17) is 0 Å². The SMILES string of the molecule is CC1CCN(C2CCC(NC(=O)N(C)CC(O)C3CC3)CC2)CC1. The molecule has 3 fully saturated rings. The molecule has 3 aliphatic rings. The first-order valence-corrected chi connectivity index (χ1v) is 9.96. The molecule has 3 rings (SSSR count). The van der Waals surface area contributed by atoms with Gasteiger partial charge in [-0.25, -0.2) is 4.79 Å². The Morgan fingerprint density at radius 2 is 1.75 bits per heavy atom. The van der Waals surface area contributed by atoms with Crippen LogP contribution in [0.15, 0.2) is 0 Å². The van der Waals surface area contributed by atoms with Crippen LogP contribution in [0.4, 0.5) is 4.79 Å². The Morgan fingerprint density at radius 3 is 2.33 bits per heavy atom. The number of likely N-dealkylation sites (N-methyl/N-ethyl adjacent to an activating group) is 1. The second-order valence-corrected chi connectivity index (χ2v) is 8.46. The number of piperidine rings is 1. The van der Waals surface area contributed by atoms with Crippen LogP contribution in [0, 0.1) is 11.8 Å². The van der Waals surface area contributed by atoms with E-state index in [1.165, 1.54) is 38.8 Å². The third-order valence-electron chi connectivity index (χ3n) is 6.33. The van der Waals surface area contributed by atoms with Gasteiger partial charge in [0.25, 0.3) is 0 Å². The van der Waals surface area contributed by atoms with Crippen LogP contribution in [-0.2, 0) is 0 Å². The predicted octanol–water partition coefficient (Wildman–Crippen LogP) is 2.44.